The van der Waals surface area contributed by atoms with Crippen molar-refractivity contribution in [2.75, 3.05) is 0 Å². The van der Waals surface area contributed by atoms with Crippen LogP contribution >= 0.6 is 23.2 Å². The summed E-state index contributed by atoms with van der Waals surface area (Å²) in [5.41, 5.74) is -1.60. The molecule has 1 N–H and O–H groups in total. The van der Waals surface area contributed by atoms with Crippen LogP contribution in [-0.2, 0) is 0 Å². The van der Waals surface area contributed by atoms with E-state index < -0.39 is 17.5 Å². The molecule has 0 fully saturated rings. The first-order valence-electron chi connectivity index (χ1n) is 3.26. The average molecular weight is 225 g/mol. The van der Waals surface area contributed by atoms with E-state index in [1.165, 1.54) is 0 Å². The molecule has 0 aromatic carbocycles. The minimum atomic E-state index is -2.74. The summed E-state index contributed by atoms with van der Waals surface area (Å²) in [7, 11) is 0. The maximum atomic E-state index is 12.3. The van der Waals surface area contributed by atoms with Crippen molar-refractivity contribution in [2.24, 2.45) is 0 Å². The molecule has 0 saturated heterocycles. The number of nitrogens with zero attached hydrogens (tertiary/aromatic N) is 1. The Morgan fingerprint density at radius 1 is 1.62 bits per heavy atom. The molecule has 1 atom stereocenters. The normalized spacial score (nSPS) is 22.5. The Bertz CT molecular complexity index is 317. The van der Waals surface area contributed by atoms with Crippen LogP contribution in [0.4, 0.5) is 8.78 Å². The second-order valence-electron chi connectivity index (χ2n) is 2.28. The lowest BCUT2D eigenvalue weighted by atomic mass is 10.1. The first-order valence-corrected chi connectivity index (χ1v) is 4.08. The predicted molar refractivity (Wildman–Crippen MR) is 45.4 cm³/mol. The minimum Gasteiger partial charge on any atom is -0.356 e. The van der Waals surface area contributed by atoms with Gasteiger partial charge < -0.3 is 5.32 Å². The Kier molecular flexibility index (Phi) is 3.12. The Hall–Kier alpha value is -0.790. The molecule has 0 amide bonds. The van der Waals surface area contributed by atoms with E-state index in [1.54, 1.807) is 6.07 Å². The second kappa shape index (κ2) is 3.95. The van der Waals surface area contributed by atoms with E-state index in [2.05, 4.69) is 5.32 Å². The molecule has 0 bridgehead atoms. The largest absolute Gasteiger partial charge is 0.356 e. The first-order chi connectivity index (χ1) is 6.06. The van der Waals surface area contributed by atoms with Crippen molar-refractivity contribution in [3.05, 3.63) is 22.4 Å². The van der Waals surface area contributed by atoms with Crippen LogP contribution in [0, 0.1) is 11.3 Å². The Labute approximate surface area is 83.4 Å². The van der Waals surface area contributed by atoms with Crippen molar-refractivity contribution < 1.29 is 8.78 Å². The standard InChI is InChI=1S/C7H4Cl2F2N2/c8-5-1-3(7(10)11)4(2-12)6(9)13-5/h1,6-7,13H. The fraction of sp³-hybridized carbons (Fsp3) is 0.286. The molecular formula is C7H4Cl2F2N2. The molecule has 0 radical (unpaired) electrons. The third-order valence-electron chi connectivity index (χ3n) is 1.47. The number of hydrogen-bond acceptors (Lipinski definition) is 2. The lowest BCUT2D eigenvalue weighted by Crippen LogP contribution is -2.28. The van der Waals surface area contributed by atoms with Gasteiger partial charge in [0.2, 0.25) is 0 Å². The van der Waals surface area contributed by atoms with Gasteiger partial charge in [0.25, 0.3) is 6.43 Å². The van der Waals surface area contributed by atoms with Crippen molar-refractivity contribution >= 4 is 23.2 Å². The van der Waals surface area contributed by atoms with Gasteiger partial charge in [0.1, 0.15) is 10.7 Å². The minimum absolute atomic E-state index is 0.00861. The van der Waals surface area contributed by atoms with Gasteiger partial charge in [-0.15, -0.1) is 0 Å². The van der Waals surface area contributed by atoms with Gasteiger partial charge in [0.05, 0.1) is 11.6 Å². The Balaban J connectivity index is 3.15. The third kappa shape index (κ3) is 2.11. The van der Waals surface area contributed by atoms with Gasteiger partial charge in [-0.1, -0.05) is 23.2 Å². The summed E-state index contributed by atoms with van der Waals surface area (Å²) >= 11 is 11.0. The number of halogens is 4. The molecule has 1 heterocycles. The van der Waals surface area contributed by atoms with Gasteiger partial charge in [-0.2, -0.15) is 5.26 Å². The molecule has 6 heteroatoms. The van der Waals surface area contributed by atoms with Crippen LogP contribution in [0.3, 0.4) is 0 Å². The van der Waals surface area contributed by atoms with Gasteiger partial charge in [-0.3, -0.25) is 0 Å². The lowest BCUT2D eigenvalue weighted by molar-refractivity contribution is 0.192. The molecule has 1 unspecified atom stereocenters. The van der Waals surface area contributed by atoms with E-state index in [1.807, 2.05) is 0 Å². The molecule has 1 aliphatic heterocycles. The van der Waals surface area contributed by atoms with Crippen LogP contribution in [0.15, 0.2) is 22.4 Å². The fourth-order valence-electron chi connectivity index (χ4n) is 0.897. The van der Waals surface area contributed by atoms with Crippen LogP contribution in [-0.4, -0.2) is 11.9 Å². The van der Waals surface area contributed by atoms with E-state index in [4.69, 9.17) is 28.5 Å². The van der Waals surface area contributed by atoms with E-state index in [9.17, 15) is 8.78 Å². The SMILES string of the molecule is N#CC1=C(C(F)F)C=C(Cl)NC1Cl. The smallest absolute Gasteiger partial charge is 0.265 e. The molecule has 1 aliphatic rings. The van der Waals surface area contributed by atoms with Crippen molar-refractivity contribution in [1.82, 2.24) is 5.32 Å². The second-order valence-corrected chi connectivity index (χ2v) is 3.12. The molecule has 0 aromatic heterocycles. The zero-order valence-electron chi connectivity index (χ0n) is 6.19. The lowest BCUT2D eigenvalue weighted by Gasteiger charge is -2.19. The number of dihydropyridines is 1. The van der Waals surface area contributed by atoms with Crippen molar-refractivity contribution in [3.8, 4) is 6.07 Å². The molecule has 0 aromatic rings. The molecule has 0 aliphatic carbocycles. The highest BCUT2D eigenvalue weighted by molar-refractivity contribution is 6.31. The van der Waals surface area contributed by atoms with Crippen LogP contribution in [0.25, 0.3) is 0 Å². The van der Waals surface area contributed by atoms with Gasteiger partial charge in [0.15, 0.2) is 0 Å². The zero-order valence-corrected chi connectivity index (χ0v) is 7.70. The van der Waals surface area contributed by atoms with Crippen LogP contribution in [0.5, 0.6) is 0 Å². The molecule has 2 nitrogen and oxygen atoms in total. The van der Waals surface area contributed by atoms with E-state index in [-0.39, 0.29) is 10.7 Å². The van der Waals surface area contributed by atoms with Gasteiger partial charge >= 0.3 is 0 Å². The van der Waals surface area contributed by atoms with E-state index in [0.717, 1.165) is 6.08 Å². The molecule has 13 heavy (non-hydrogen) atoms. The van der Waals surface area contributed by atoms with E-state index in [0.29, 0.717) is 0 Å². The molecule has 70 valence electrons. The summed E-state index contributed by atoms with van der Waals surface area (Å²) in [6, 6.07) is 1.61. The summed E-state index contributed by atoms with van der Waals surface area (Å²) < 4.78 is 24.6. The number of allylic oxidation sites excluding steroid dienone is 2. The van der Waals surface area contributed by atoms with Crippen LogP contribution < -0.4 is 5.32 Å². The molecular weight excluding hydrogens is 221 g/mol. The van der Waals surface area contributed by atoms with Crippen LogP contribution in [0.2, 0.25) is 0 Å². The number of alkyl halides is 3. The van der Waals surface area contributed by atoms with Gasteiger partial charge in [-0.05, 0) is 6.08 Å². The molecule has 0 spiro atoms. The monoisotopic (exact) mass is 224 g/mol. The number of rotatable bonds is 1. The number of nitrogens with one attached hydrogen (secondary N) is 1. The predicted octanol–water partition coefficient (Wildman–Crippen LogP) is 2.32. The number of hydrogen-bond donors (Lipinski definition) is 1. The van der Waals surface area contributed by atoms with Crippen molar-refractivity contribution in [1.29, 1.82) is 5.26 Å². The summed E-state index contributed by atoms with van der Waals surface area (Å²) in [5, 5.41) is 11.0. The zero-order chi connectivity index (χ0) is 10.0. The quantitative estimate of drug-likeness (QED) is 0.549. The molecule has 0 saturated carbocycles. The summed E-state index contributed by atoms with van der Waals surface area (Å²) in [4.78, 5) is 0. The van der Waals surface area contributed by atoms with Crippen molar-refractivity contribution in [3.63, 3.8) is 0 Å². The van der Waals surface area contributed by atoms with Gasteiger partial charge in [-0.25, -0.2) is 8.78 Å². The highest BCUT2D eigenvalue weighted by Gasteiger charge is 2.25. The summed E-state index contributed by atoms with van der Waals surface area (Å²) in [6.07, 6.45) is -1.74. The first kappa shape index (κ1) is 10.3. The summed E-state index contributed by atoms with van der Waals surface area (Å²) in [6.45, 7) is 0. The highest BCUT2D eigenvalue weighted by atomic mass is 35.5. The summed E-state index contributed by atoms with van der Waals surface area (Å²) in [5.74, 6) is 0. The molecule has 1 rings (SSSR count). The third-order valence-corrected chi connectivity index (χ3v) is 2.01. The van der Waals surface area contributed by atoms with Gasteiger partial charge in [0, 0.05) is 5.57 Å². The fourth-order valence-corrected chi connectivity index (χ4v) is 1.47. The topological polar surface area (TPSA) is 35.8 Å². The Morgan fingerprint density at radius 3 is 2.69 bits per heavy atom. The van der Waals surface area contributed by atoms with Crippen LogP contribution in [0.1, 0.15) is 0 Å². The maximum Gasteiger partial charge on any atom is 0.265 e. The Morgan fingerprint density at radius 2 is 2.23 bits per heavy atom. The van der Waals surface area contributed by atoms with E-state index >= 15 is 0 Å². The number of nitriles is 1. The van der Waals surface area contributed by atoms with Crippen molar-refractivity contribution in [2.45, 2.75) is 11.9 Å². The average Bonchev–Trinajstić information content (AvgIpc) is 2.02. The highest BCUT2D eigenvalue weighted by Crippen LogP contribution is 2.26. The maximum absolute atomic E-state index is 12.3.